The van der Waals surface area contributed by atoms with Crippen LogP contribution in [0.2, 0.25) is 0 Å². The Morgan fingerprint density at radius 2 is 2.03 bits per heavy atom. The lowest BCUT2D eigenvalue weighted by Crippen LogP contribution is -2.09. The molecule has 1 aromatic carbocycles. The Balaban J connectivity index is 1.77. The number of nitrogens with one attached hydrogen (secondary N) is 2. The van der Waals surface area contributed by atoms with Crippen molar-refractivity contribution in [1.82, 2.24) is 4.98 Å². The molecule has 9 heteroatoms. The molecule has 3 heterocycles. The van der Waals surface area contributed by atoms with Gasteiger partial charge in [0.05, 0.1) is 11.1 Å². The highest BCUT2D eigenvalue weighted by Gasteiger charge is 2.19. The summed E-state index contributed by atoms with van der Waals surface area (Å²) in [6.07, 6.45) is 0. The van der Waals surface area contributed by atoms with Gasteiger partial charge in [0.25, 0.3) is 5.56 Å². The topological polar surface area (TPSA) is 106 Å². The highest BCUT2D eigenvalue weighted by atomic mass is 32.1. The van der Waals surface area contributed by atoms with Crippen LogP contribution in [0.25, 0.3) is 31.1 Å². The quantitative estimate of drug-likeness (QED) is 0.444. The van der Waals surface area contributed by atoms with Crippen LogP contribution in [0.1, 0.15) is 12.5 Å². The Morgan fingerprint density at radius 1 is 1.28 bits per heavy atom. The number of hydrogen-bond acceptors (Lipinski definition) is 6. The number of H-pyrrole nitrogens is 1. The summed E-state index contributed by atoms with van der Waals surface area (Å²) in [5.41, 5.74) is 0.474. The standard InChI is InChI=1S/C20H12FN3O3S2/c1-9(25)23-14-3-2-10(6-13(14)21)15-4-5-16(29-15)12-8-28-20-17(12)18(26)11(7-22)19(27)24-20/h2-6,8H,1H3,(H,23,25)(H2,24,26,27). The van der Waals surface area contributed by atoms with E-state index in [4.69, 9.17) is 5.26 Å². The summed E-state index contributed by atoms with van der Waals surface area (Å²) in [6.45, 7) is 1.31. The number of anilines is 1. The van der Waals surface area contributed by atoms with E-state index in [0.717, 1.165) is 9.75 Å². The van der Waals surface area contributed by atoms with Gasteiger partial charge in [-0.05, 0) is 29.8 Å². The van der Waals surface area contributed by atoms with Gasteiger partial charge in [0.2, 0.25) is 5.91 Å². The van der Waals surface area contributed by atoms with E-state index in [9.17, 15) is 19.1 Å². The van der Waals surface area contributed by atoms with Crippen LogP contribution in [0, 0.1) is 17.1 Å². The highest BCUT2D eigenvalue weighted by molar-refractivity contribution is 7.20. The van der Waals surface area contributed by atoms with E-state index >= 15 is 0 Å². The Bertz CT molecular complexity index is 1380. The summed E-state index contributed by atoms with van der Waals surface area (Å²) in [6, 6.07) is 9.93. The SMILES string of the molecule is CC(=O)Nc1ccc(-c2ccc(-c3csc4[nH]c(=O)c(C#N)c(O)c34)s2)cc1F. The number of nitriles is 1. The van der Waals surface area contributed by atoms with Crippen molar-refractivity contribution in [3.8, 4) is 32.7 Å². The number of thiophene rings is 2. The Morgan fingerprint density at radius 3 is 2.72 bits per heavy atom. The first kappa shape index (κ1) is 18.9. The third kappa shape index (κ3) is 3.29. The van der Waals surface area contributed by atoms with Crippen LogP contribution in [-0.2, 0) is 4.79 Å². The number of aromatic amines is 1. The number of rotatable bonds is 3. The predicted molar refractivity (Wildman–Crippen MR) is 112 cm³/mol. The van der Waals surface area contributed by atoms with Crippen molar-refractivity contribution >= 4 is 44.5 Å². The molecule has 3 N–H and O–H groups in total. The molecule has 6 nitrogen and oxygen atoms in total. The predicted octanol–water partition coefficient (Wildman–Crippen LogP) is 4.66. The van der Waals surface area contributed by atoms with Gasteiger partial charge in [-0.15, -0.1) is 22.7 Å². The summed E-state index contributed by atoms with van der Waals surface area (Å²) in [4.78, 5) is 27.6. The van der Waals surface area contributed by atoms with E-state index < -0.39 is 11.4 Å². The Labute approximate surface area is 171 Å². The van der Waals surface area contributed by atoms with Gasteiger partial charge in [0.1, 0.15) is 22.5 Å². The van der Waals surface area contributed by atoms with Crippen LogP contribution >= 0.6 is 22.7 Å². The second-order valence-electron chi connectivity index (χ2n) is 6.18. The fourth-order valence-electron chi connectivity index (χ4n) is 2.97. The van der Waals surface area contributed by atoms with Crippen LogP contribution < -0.4 is 10.9 Å². The number of carbonyl (C=O) groups is 1. The minimum absolute atomic E-state index is 0.111. The van der Waals surface area contributed by atoms with Crippen molar-refractivity contribution in [3.05, 3.63) is 57.4 Å². The van der Waals surface area contributed by atoms with E-state index in [1.807, 2.05) is 12.1 Å². The van der Waals surface area contributed by atoms with Gasteiger partial charge in [-0.25, -0.2) is 4.39 Å². The number of halogens is 1. The number of amides is 1. The second kappa shape index (κ2) is 7.16. The maximum atomic E-state index is 14.3. The third-order valence-corrected chi connectivity index (χ3v) is 6.33. The molecule has 0 bridgehead atoms. The van der Waals surface area contributed by atoms with Crippen molar-refractivity contribution in [1.29, 1.82) is 5.26 Å². The molecule has 0 aliphatic carbocycles. The molecule has 0 fully saturated rings. The lowest BCUT2D eigenvalue weighted by Gasteiger charge is -2.05. The number of aromatic nitrogens is 1. The van der Waals surface area contributed by atoms with Crippen LogP contribution in [-0.4, -0.2) is 16.0 Å². The van der Waals surface area contributed by atoms with Crippen molar-refractivity contribution in [2.45, 2.75) is 6.92 Å². The summed E-state index contributed by atoms with van der Waals surface area (Å²) in [5, 5.41) is 24.2. The van der Waals surface area contributed by atoms with Crippen molar-refractivity contribution in [2.75, 3.05) is 5.32 Å². The lowest BCUT2D eigenvalue weighted by molar-refractivity contribution is -0.114. The molecule has 0 radical (unpaired) electrons. The van der Waals surface area contributed by atoms with E-state index in [1.54, 1.807) is 17.5 Å². The zero-order chi connectivity index (χ0) is 20.7. The second-order valence-corrected chi connectivity index (χ2v) is 8.15. The minimum Gasteiger partial charge on any atom is -0.506 e. The molecule has 1 amide bonds. The third-order valence-electron chi connectivity index (χ3n) is 4.27. The van der Waals surface area contributed by atoms with Crippen molar-refractivity contribution in [2.24, 2.45) is 0 Å². The van der Waals surface area contributed by atoms with Gasteiger partial charge in [-0.2, -0.15) is 5.26 Å². The molecule has 0 unspecified atom stereocenters. The molecular formula is C20H12FN3O3S2. The molecule has 144 valence electrons. The number of pyridine rings is 1. The Hall–Kier alpha value is -3.48. The Kier molecular flexibility index (Phi) is 4.66. The van der Waals surface area contributed by atoms with Crippen molar-refractivity contribution in [3.63, 3.8) is 0 Å². The molecule has 0 saturated heterocycles. The molecule has 0 saturated carbocycles. The van der Waals surface area contributed by atoms with Gasteiger partial charge in [0, 0.05) is 27.6 Å². The van der Waals surface area contributed by atoms with Gasteiger partial charge < -0.3 is 15.4 Å². The van der Waals surface area contributed by atoms with E-state index in [0.29, 0.717) is 21.3 Å². The first-order valence-electron chi connectivity index (χ1n) is 8.33. The molecule has 0 aliphatic heterocycles. The van der Waals surface area contributed by atoms with E-state index in [1.165, 1.54) is 41.7 Å². The summed E-state index contributed by atoms with van der Waals surface area (Å²) < 4.78 is 14.3. The number of nitrogens with zero attached hydrogens (tertiary/aromatic N) is 1. The molecular weight excluding hydrogens is 413 g/mol. The lowest BCUT2D eigenvalue weighted by atomic mass is 10.1. The normalized spacial score (nSPS) is 10.8. The summed E-state index contributed by atoms with van der Waals surface area (Å²) >= 11 is 2.63. The largest absolute Gasteiger partial charge is 0.506 e. The molecule has 4 rings (SSSR count). The monoisotopic (exact) mass is 425 g/mol. The van der Waals surface area contributed by atoms with Gasteiger partial charge in [0.15, 0.2) is 5.56 Å². The van der Waals surface area contributed by atoms with Gasteiger partial charge >= 0.3 is 0 Å². The molecule has 0 atom stereocenters. The fourth-order valence-corrected chi connectivity index (χ4v) is 5.02. The first-order valence-corrected chi connectivity index (χ1v) is 10.0. The minimum atomic E-state index is -0.632. The number of carbonyl (C=O) groups excluding carboxylic acids is 1. The highest BCUT2D eigenvalue weighted by Crippen LogP contribution is 2.43. The molecule has 3 aromatic heterocycles. The number of hydrogen-bond donors (Lipinski definition) is 3. The number of benzene rings is 1. The fraction of sp³-hybridized carbons (Fsp3) is 0.0500. The van der Waals surface area contributed by atoms with Gasteiger partial charge in [-0.1, -0.05) is 6.07 Å². The van der Waals surface area contributed by atoms with Crippen LogP contribution in [0.5, 0.6) is 5.75 Å². The van der Waals surface area contributed by atoms with Crippen LogP contribution in [0.4, 0.5) is 10.1 Å². The average Bonchev–Trinajstić information content (AvgIpc) is 3.30. The molecule has 0 aliphatic rings. The van der Waals surface area contributed by atoms with E-state index in [2.05, 4.69) is 10.3 Å². The zero-order valence-electron chi connectivity index (χ0n) is 14.9. The summed E-state index contributed by atoms with van der Waals surface area (Å²) in [5.74, 6) is -1.24. The molecule has 29 heavy (non-hydrogen) atoms. The van der Waals surface area contributed by atoms with Crippen LogP contribution in [0.3, 0.4) is 0 Å². The maximum absolute atomic E-state index is 14.3. The number of fused-ring (bicyclic) bond motifs is 1. The van der Waals surface area contributed by atoms with Crippen LogP contribution in [0.15, 0.2) is 40.5 Å². The number of aromatic hydroxyl groups is 1. The van der Waals surface area contributed by atoms with E-state index in [-0.39, 0.29) is 22.9 Å². The first-order chi connectivity index (χ1) is 13.9. The molecule has 4 aromatic rings. The smallest absolute Gasteiger partial charge is 0.270 e. The average molecular weight is 425 g/mol. The van der Waals surface area contributed by atoms with Gasteiger partial charge in [-0.3, -0.25) is 9.59 Å². The van der Waals surface area contributed by atoms with Crippen molar-refractivity contribution < 1.29 is 14.3 Å². The molecule has 0 spiro atoms. The maximum Gasteiger partial charge on any atom is 0.270 e. The zero-order valence-corrected chi connectivity index (χ0v) is 16.5. The summed E-state index contributed by atoms with van der Waals surface area (Å²) in [7, 11) is 0.